The van der Waals surface area contributed by atoms with Crippen molar-refractivity contribution in [1.82, 2.24) is 0 Å². The van der Waals surface area contributed by atoms with E-state index in [1.165, 1.54) is 12.1 Å². The molecule has 0 bridgehead atoms. The molecule has 2 N–H and O–H groups in total. The van der Waals surface area contributed by atoms with E-state index in [9.17, 15) is 14.4 Å². The summed E-state index contributed by atoms with van der Waals surface area (Å²) in [5.74, 6) is -2.11. The number of esters is 3. The van der Waals surface area contributed by atoms with Crippen molar-refractivity contribution in [2.24, 2.45) is 0 Å². The van der Waals surface area contributed by atoms with E-state index in [4.69, 9.17) is 19.9 Å². The number of anilines is 1. The van der Waals surface area contributed by atoms with Gasteiger partial charge in [0.2, 0.25) is 0 Å². The van der Waals surface area contributed by atoms with E-state index in [0.29, 0.717) is 5.75 Å². The van der Waals surface area contributed by atoms with Crippen molar-refractivity contribution in [3.05, 3.63) is 120 Å². The zero-order valence-electron chi connectivity index (χ0n) is 17.8. The third-order valence-electron chi connectivity index (χ3n) is 4.71. The van der Waals surface area contributed by atoms with Gasteiger partial charge in [0.05, 0.1) is 22.4 Å². The molecule has 0 aliphatic rings. The maximum absolute atomic E-state index is 12.7. The van der Waals surface area contributed by atoms with Gasteiger partial charge in [-0.3, -0.25) is 0 Å². The normalized spacial score (nSPS) is 10.2. The van der Waals surface area contributed by atoms with Crippen LogP contribution in [0.25, 0.3) is 0 Å². The van der Waals surface area contributed by atoms with Crippen LogP contribution in [0.2, 0.25) is 0 Å². The third-order valence-corrected chi connectivity index (χ3v) is 4.71. The van der Waals surface area contributed by atoms with Crippen molar-refractivity contribution in [1.29, 1.82) is 0 Å². The van der Waals surface area contributed by atoms with Crippen molar-refractivity contribution in [3.63, 3.8) is 0 Å². The minimum Gasteiger partial charge on any atom is -0.423 e. The second-order valence-electron chi connectivity index (χ2n) is 7.10. The summed E-state index contributed by atoms with van der Waals surface area (Å²) in [7, 11) is 0. The molecule has 0 unspecified atom stereocenters. The minimum atomic E-state index is -0.762. The van der Waals surface area contributed by atoms with Gasteiger partial charge in [-0.2, -0.15) is 0 Å². The Balaban J connectivity index is 1.67. The van der Waals surface area contributed by atoms with Gasteiger partial charge in [0.15, 0.2) is 11.5 Å². The van der Waals surface area contributed by atoms with E-state index >= 15 is 0 Å². The van der Waals surface area contributed by atoms with Crippen LogP contribution in [0, 0.1) is 0 Å². The average Bonchev–Trinajstić information content (AvgIpc) is 2.87. The lowest BCUT2D eigenvalue weighted by atomic mass is 10.1. The van der Waals surface area contributed by atoms with E-state index in [-0.39, 0.29) is 33.9 Å². The molecule has 0 aliphatic carbocycles. The lowest BCUT2D eigenvalue weighted by Crippen LogP contribution is -2.16. The molecule has 0 radical (unpaired) electrons. The number of nitrogens with two attached hydrogens (primary N) is 1. The summed E-state index contributed by atoms with van der Waals surface area (Å²) in [6.45, 7) is 0. The predicted octanol–water partition coefficient (Wildman–Crippen LogP) is 4.93. The molecule has 0 aliphatic heterocycles. The Kier molecular flexibility index (Phi) is 6.65. The van der Waals surface area contributed by atoms with Gasteiger partial charge in [0, 0.05) is 12.1 Å². The molecule has 0 heterocycles. The fourth-order valence-corrected chi connectivity index (χ4v) is 3.03. The molecule has 4 aromatic carbocycles. The van der Waals surface area contributed by atoms with Gasteiger partial charge >= 0.3 is 17.9 Å². The molecule has 7 nitrogen and oxygen atoms in total. The number of hydrogen-bond acceptors (Lipinski definition) is 7. The molecular formula is C27H19NO6. The molecule has 0 atom stereocenters. The molecule has 7 heteroatoms. The van der Waals surface area contributed by atoms with Crippen LogP contribution < -0.4 is 19.9 Å². The third kappa shape index (κ3) is 5.28. The minimum absolute atomic E-state index is 0.0173. The summed E-state index contributed by atoms with van der Waals surface area (Å²) in [5, 5.41) is 0. The number of benzene rings is 4. The zero-order chi connectivity index (χ0) is 23.9. The van der Waals surface area contributed by atoms with Crippen molar-refractivity contribution < 1.29 is 28.6 Å². The summed E-state index contributed by atoms with van der Waals surface area (Å²) >= 11 is 0. The quantitative estimate of drug-likeness (QED) is 0.251. The molecular weight excluding hydrogens is 434 g/mol. The molecule has 0 saturated carbocycles. The second kappa shape index (κ2) is 10.1. The van der Waals surface area contributed by atoms with E-state index < -0.39 is 17.9 Å². The second-order valence-corrected chi connectivity index (χ2v) is 7.10. The summed E-state index contributed by atoms with van der Waals surface area (Å²) < 4.78 is 16.3. The first-order valence-corrected chi connectivity index (χ1v) is 10.3. The van der Waals surface area contributed by atoms with Crippen LogP contribution in [0.1, 0.15) is 31.1 Å². The van der Waals surface area contributed by atoms with Crippen LogP contribution in [-0.2, 0) is 0 Å². The van der Waals surface area contributed by atoms with E-state index in [1.54, 1.807) is 91.0 Å². The molecule has 0 amide bonds. The molecule has 168 valence electrons. The van der Waals surface area contributed by atoms with Gasteiger partial charge < -0.3 is 19.9 Å². The lowest BCUT2D eigenvalue weighted by molar-refractivity contribution is 0.0680. The fraction of sp³-hybridized carbons (Fsp3) is 0. The lowest BCUT2D eigenvalue weighted by Gasteiger charge is -2.14. The van der Waals surface area contributed by atoms with Crippen LogP contribution in [-0.4, -0.2) is 17.9 Å². The summed E-state index contributed by atoms with van der Waals surface area (Å²) in [4.78, 5) is 38.0. The average molecular weight is 453 g/mol. The summed E-state index contributed by atoms with van der Waals surface area (Å²) in [5.41, 5.74) is 6.55. The van der Waals surface area contributed by atoms with E-state index in [2.05, 4.69) is 0 Å². The van der Waals surface area contributed by atoms with Crippen molar-refractivity contribution in [3.8, 4) is 17.2 Å². The predicted molar refractivity (Wildman–Crippen MR) is 125 cm³/mol. The Labute approximate surface area is 195 Å². The number of carbonyl (C=O) groups is 3. The SMILES string of the molecule is Nc1cc(OC(=O)c2ccccc2)c(OC(=O)c2ccccc2)cc1C(=O)Oc1ccccc1. The van der Waals surface area contributed by atoms with Gasteiger partial charge in [-0.1, -0.05) is 54.6 Å². The van der Waals surface area contributed by atoms with Gasteiger partial charge in [0.1, 0.15) is 5.75 Å². The Hall–Kier alpha value is -4.91. The van der Waals surface area contributed by atoms with Gasteiger partial charge in [0.25, 0.3) is 0 Å². The Morgan fingerprint density at radius 2 is 0.971 bits per heavy atom. The highest BCUT2D eigenvalue weighted by Gasteiger charge is 2.22. The highest BCUT2D eigenvalue weighted by Crippen LogP contribution is 2.34. The van der Waals surface area contributed by atoms with E-state index in [0.717, 1.165) is 0 Å². The number of nitrogen functional groups attached to an aromatic ring is 1. The number of carbonyl (C=O) groups excluding carboxylic acids is 3. The van der Waals surface area contributed by atoms with E-state index in [1.807, 2.05) is 0 Å². The molecule has 34 heavy (non-hydrogen) atoms. The largest absolute Gasteiger partial charge is 0.423 e. The number of ether oxygens (including phenoxy) is 3. The monoisotopic (exact) mass is 453 g/mol. The fourth-order valence-electron chi connectivity index (χ4n) is 3.03. The molecule has 4 rings (SSSR count). The van der Waals surface area contributed by atoms with Crippen molar-refractivity contribution in [2.45, 2.75) is 0 Å². The number of hydrogen-bond donors (Lipinski definition) is 1. The Bertz CT molecular complexity index is 1320. The van der Waals surface area contributed by atoms with Crippen LogP contribution in [0.4, 0.5) is 5.69 Å². The molecule has 0 spiro atoms. The molecule has 0 aromatic heterocycles. The maximum atomic E-state index is 12.7. The van der Waals surface area contributed by atoms with Crippen LogP contribution in [0.5, 0.6) is 17.2 Å². The van der Waals surface area contributed by atoms with Crippen molar-refractivity contribution >= 4 is 23.6 Å². The highest BCUT2D eigenvalue weighted by molar-refractivity contribution is 5.99. The highest BCUT2D eigenvalue weighted by atomic mass is 16.6. The first-order chi connectivity index (χ1) is 16.5. The van der Waals surface area contributed by atoms with Gasteiger partial charge in [-0.25, -0.2) is 14.4 Å². The molecule has 0 saturated heterocycles. The molecule has 0 fully saturated rings. The Morgan fingerprint density at radius 1 is 0.529 bits per heavy atom. The van der Waals surface area contributed by atoms with Crippen LogP contribution in [0.3, 0.4) is 0 Å². The standard InChI is InChI=1S/C27H19NO6/c28-22-17-24(34-26(30)19-12-6-2-7-13-19)23(33-25(29)18-10-4-1-5-11-18)16-21(22)27(31)32-20-14-8-3-9-15-20/h1-17H,28H2. The number of rotatable bonds is 6. The molecule has 4 aromatic rings. The summed E-state index contributed by atoms with van der Waals surface area (Å²) in [6.07, 6.45) is 0. The van der Waals surface area contributed by atoms with Gasteiger partial charge in [-0.15, -0.1) is 0 Å². The van der Waals surface area contributed by atoms with Crippen molar-refractivity contribution in [2.75, 3.05) is 5.73 Å². The topological polar surface area (TPSA) is 105 Å². The van der Waals surface area contributed by atoms with Crippen LogP contribution >= 0.6 is 0 Å². The first kappa shape index (κ1) is 22.3. The van der Waals surface area contributed by atoms with Crippen LogP contribution in [0.15, 0.2) is 103 Å². The zero-order valence-corrected chi connectivity index (χ0v) is 17.8. The smallest absolute Gasteiger partial charge is 0.345 e. The maximum Gasteiger partial charge on any atom is 0.345 e. The first-order valence-electron chi connectivity index (χ1n) is 10.3. The Morgan fingerprint density at radius 3 is 1.47 bits per heavy atom. The number of para-hydroxylation sites is 1. The van der Waals surface area contributed by atoms with Gasteiger partial charge in [-0.05, 0) is 36.4 Å². The summed E-state index contributed by atoms with van der Waals surface area (Å²) in [6, 6.07) is 27.4.